The zero-order valence-electron chi connectivity index (χ0n) is 19.2. The minimum atomic E-state index is -3.88. The quantitative estimate of drug-likeness (QED) is 0.268. The third-order valence-corrected chi connectivity index (χ3v) is 8.10. The van der Waals surface area contributed by atoms with Crippen LogP contribution in [0.5, 0.6) is 0 Å². The molecule has 5 rings (SSSR count). The highest BCUT2D eigenvalue weighted by molar-refractivity contribution is 7.99. The first-order valence-corrected chi connectivity index (χ1v) is 14.2. The van der Waals surface area contributed by atoms with Crippen molar-refractivity contribution in [2.45, 2.75) is 29.9 Å². The molecule has 0 radical (unpaired) electrons. The van der Waals surface area contributed by atoms with E-state index in [9.17, 15) is 13.2 Å². The molecule has 0 unspecified atom stereocenters. The number of aromatic nitrogens is 5. The number of thioether (sulfide) groups is 1. The van der Waals surface area contributed by atoms with Gasteiger partial charge in [0.2, 0.25) is 21.1 Å². The predicted molar refractivity (Wildman–Crippen MR) is 141 cm³/mol. The molecule has 184 valence electrons. The highest BCUT2D eigenvalue weighted by Crippen LogP contribution is 2.31. The number of sulfonamides is 1. The van der Waals surface area contributed by atoms with Crippen molar-refractivity contribution in [2.24, 2.45) is 0 Å². The maximum atomic E-state index is 12.5. The summed E-state index contributed by atoms with van der Waals surface area (Å²) in [6.07, 6.45) is 1.48. The van der Waals surface area contributed by atoms with Gasteiger partial charge in [-0.3, -0.25) is 4.79 Å². The third-order valence-electron chi connectivity index (χ3n) is 5.20. The predicted octanol–water partition coefficient (Wildman–Crippen LogP) is 5.14. The van der Waals surface area contributed by atoms with Gasteiger partial charge in [0, 0.05) is 22.2 Å². The van der Waals surface area contributed by atoms with Crippen LogP contribution in [0.4, 0.5) is 10.8 Å². The van der Waals surface area contributed by atoms with Crippen molar-refractivity contribution in [1.82, 2.24) is 24.7 Å². The van der Waals surface area contributed by atoms with Crippen LogP contribution < -0.4 is 5.32 Å². The van der Waals surface area contributed by atoms with Gasteiger partial charge in [-0.15, -0.1) is 10.2 Å². The Balaban J connectivity index is 1.26. The molecule has 0 atom stereocenters. The molecule has 3 aromatic heterocycles. The van der Waals surface area contributed by atoms with Crippen LogP contribution in [0.1, 0.15) is 19.9 Å². The second-order valence-electron chi connectivity index (χ2n) is 7.99. The van der Waals surface area contributed by atoms with Crippen LogP contribution in [0.15, 0.2) is 70.2 Å². The Morgan fingerprint density at radius 2 is 1.92 bits per heavy atom. The van der Waals surface area contributed by atoms with E-state index in [2.05, 4.69) is 48.6 Å². The Labute approximate surface area is 215 Å². The van der Waals surface area contributed by atoms with Crippen LogP contribution in [0.25, 0.3) is 26.8 Å². The number of thiazole rings is 1. The van der Waals surface area contributed by atoms with Crippen molar-refractivity contribution >= 4 is 71.9 Å². The SMILES string of the molecule is CC(C)n1c2ccccc2c2nnc(SCC(=O)Nc3ccc(S(=O)(=O)[N-]c4nccs4)cc3)nc21. The molecular formula is C23H20N7O3S3-. The smallest absolute Gasteiger partial charge is 0.234 e. The summed E-state index contributed by atoms with van der Waals surface area (Å²) < 4.78 is 30.6. The van der Waals surface area contributed by atoms with E-state index in [1.165, 1.54) is 42.2 Å². The molecule has 0 aliphatic carbocycles. The highest BCUT2D eigenvalue weighted by atomic mass is 32.2. The van der Waals surface area contributed by atoms with Gasteiger partial charge in [0.15, 0.2) is 5.65 Å². The van der Waals surface area contributed by atoms with Gasteiger partial charge in [0.25, 0.3) is 0 Å². The topological polar surface area (TPSA) is 134 Å². The summed E-state index contributed by atoms with van der Waals surface area (Å²) in [5.74, 6) is -0.217. The zero-order chi connectivity index (χ0) is 25.3. The van der Waals surface area contributed by atoms with Crippen LogP contribution in [0.3, 0.4) is 0 Å². The lowest BCUT2D eigenvalue weighted by atomic mass is 10.2. The Morgan fingerprint density at radius 1 is 1.14 bits per heavy atom. The Bertz CT molecular complexity index is 1650. The van der Waals surface area contributed by atoms with Crippen LogP contribution >= 0.6 is 23.1 Å². The van der Waals surface area contributed by atoms with Crippen LogP contribution in [-0.4, -0.2) is 44.8 Å². The van der Waals surface area contributed by atoms with Gasteiger partial charge >= 0.3 is 0 Å². The molecule has 1 N–H and O–H groups in total. The molecule has 0 spiro atoms. The molecule has 3 heterocycles. The largest absolute Gasteiger partial charge is 0.433 e. The van der Waals surface area contributed by atoms with E-state index >= 15 is 0 Å². The number of hydrogen-bond acceptors (Lipinski definition) is 9. The molecule has 2 aromatic carbocycles. The fourth-order valence-corrected chi connectivity index (χ4v) is 5.93. The minimum absolute atomic E-state index is 0.0124. The Morgan fingerprint density at radius 3 is 2.64 bits per heavy atom. The van der Waals surface area contributed by atoms with E-state index in [4.69, 9.17) is 0 Å². The summed E-state index contributed by atoms with van der Waals surface area (Å²) in [7, 11) is -3.88. The number of nitrogens with one attached hydrogen (secondary N) is 1. The van der Waals surface area contributed by atoms with E-state index in [1.807, 2.05) is 24.3 Å². The lowest BCUT2D eigenvalue weighted by molar-refractivity contribution is -0.113. The van der Waals surface area contributed by atoms with Crippen LogP contribution in [-0.2, 0) is 14.8 Å². The van der Waals surface area contributed by atoms with Crippen molar-refractivity contribution in [3.63, 3.8) is 0 Å². The standard InChI is InChI=1S/C23H21N7O3S3/c1-14(2)30-18-6-4-3-5-17(18)20-21(30)26-23(28-27-20)35-13-19(31)25-15-7-9-16(10-8-15)36(32,33)29-22-24-11-12-34-22/h3-12,14H,13H2,1-2H3,(H2,24,25,29,31)/p-1. The molecule has 0 aliphatic rings. The van der Waals surface area contributed by atoms with E-state index in [-0.39, 0.29) is 27.7 Å². The van der Waals surface area contributed by atoms with Gasteiger partial charge in [0.05, 0.1) is 16.2 Å². The summed E-state index contributed by atoms with van der Waals surface area (Å²) in [5.41, 5.74) is 2.95. The number of benzene rings is 2. The first-order valence-electron chi connectivity index (χ1n) is 10.9. The number of anilines is 1. The first kappa shape index (κ1) is 24.2. The normalized spacial score (nSPS) is 11.9. The molecule has 0 fully saturated rings. The van der Waals surface area contributed by atoms with Crippen LogP contribution in [0, 0.1) is 0 Å². The fraction of sp³-hybridized carbons (Fsp3) is 0.174. The van der Waals surface area contributed by atoms with Gasteiger partial charge in [-0.05, 0) is 49.6 Å². The van der Waals surface area contributed by atoms with Gasteiger partial charge in [-0.25, -0.2) is 13.4 Å². The Hall–Kier alpha value is -3.55. The molecule has 0 saturated heterocycles. The number of rotatable bonds is 8. The Kier molecular flexibility index (Phi) is 6.60. The van der Waals surface area contributed by atoms with E-state index < -0.39 is 10.0 Å². The van der Waals surface area contributed by atoms with Gasteiger partial charge < -0.3 is 19.6 Å². The molecular weight excluding hydrogens is 519 g/mol. The summed E-state index contributed by atoms with van der Waals surface area (Å²) in [6, 6.07) is 13.9. The molecule has 13 heteroatoms. The van der Waals surface area contributed by atoms with Crippen molar-refractivity contribution in [3.8, 4) is 0 Å². The maximum Gasteiger partial charge on any atom is 0.234 e. The van der Waals surface area contributed by atoms with E-state index in [0.717, 1.165) is 33.4 Å². The van der Waals surface area contributed by atoms with Crippen LogP contribution in [0.2, 0.25) is 0 Å². The number of carbonyl (C=O) groups excluding carboxylic acids is 1. The van der Waals surface area contributed by atoms with Crippen molar-refractivity contribution in [2.75, 3.05) is 11.1 Å². The minimum Gasteiger partial charge on any atom is -0.433 e. The average molecular weight is 539 g/mol. The first-order chi connectivity index (χ1) is 17.3. The fourth-order valence-electron chi connectivity index (χ4n) is 3.68. The molecule has 0 saturated carbocycles. The lowest BCUT2D eigenvalue weighted by Crippen LogP contribution is -2.14. The molecule has 36 heavy (non-hydrogen) atoms. The second-order valence-corrected chi connectivity index (χ2v) is 11.4. The molecule has 0 aliphatic heterocycles. The van der Waals surface area contributed by atoms with Crippen molar-refractivity contribution in [1.29, 1.82) is 0 Å². The van der Waals surface area contributed by atoms with Crippen molar-refractivity contribution in [3.05, 3.63) is 64.8 Å². The second kappa shape index (κ2) is 9.84. The van der Waals surface area contributed by atoms with Crippen molar-refractivity contribution < 1.29 is 13.2 Å². The number of nitrogens with zero attached hydrogens (tertiary/aromatic N) is 6. The lowest BCUT2D eigenvalue weighted by Gasteiger charge is -2.12. The number of hydrogen-bond donors (Lipinski definition) is 1. The van der Waals surface area contributed by atoms with Gasteiger partial charge in [-0.2, -0.15) is 11.3 Å². The summed E-state index contributed by atoms with van der Waals surface area (Å²) in [4.78, 5) is 21.1. The summed E-state index contributed by atoms with van der Waals surface area (Å²) >= 11 is 2.31. The third kappa shape index (κ3) is 4.90. The highest BCUT2D eigenvalue weighted by Gasteiger charge is 2.17. The monoisotopic (exact) mass is 538 g/mol. The zero-order valence-corrected chi connectivity index (χ0v) is 21.6. The van der Waals surface area contributed by atoms with E-state index in [0.29, 0.717) is 10.8 Å². The summed E-state index contributed by atoms with van der Waals surface area (Å²) in [6.45, 7) is 4.16. The summed E-state index contributed by atoms with van der Waals surface area (Å²) in [5, 5.41) is 14.5. The number of carbonyl (C=O) groups is 1. The molecule has 5 aromatic rings. The van der Waals surface area contributed by atoms with Gasteiger partial charge in [0.1, 0.15) is 5.52 Å². The number of para-hydroxylation sites is 1. The number of fused-ring (bicyclic) bond motifs is 3. The van der Waals surface area contributed by atoms with Gasteiger partial charge in [-0.1, -0.05) is 36.2 Å². The number of amides is 1. The molecule has 10 nitrogen and oxygen atoms in total. The molecule has 0 bridgehead atoms. The molecule has 1 amide bonds. The maximum absolute atomic E-state index is 12.5. The average Bonchev–Trinajstić information content (AvgIpc) is 3.48. The van der Waals surface area contributed by atoms with E-state index in [1.54, 1.807) is 5.38 Å².